The summed E-state index contributed by atoms with van der Waals surface area (Å²) >= 11 is 0. The number of Topliss-reactive ketones (excluding diaryl/α,β-unsaturated/α-hetero) is 1. The maximum Gasteiger partial charge on any atom is 0.408 e. The Morgan fingerprint density at radius 1 is 1.14 bits per heavy atom. The van der Waals surface area contributed by atoms with Crippen LogP contribution in [0, 0.1) is 0 Å². The molecule has 0 aliphatic heterocycles. The zero-order valence-electron chi connectivity index (χ0n) is 13.8. The third-order valence-corrected chi connectivity index (χ3v) is 2.17. The highest BCUT2D eigenvalue weighted by atomic mass is 16.6. The van der Waals surface area contributed by atoms with E-state index in [0.717, 1.165) is 6.21 Å². The molecular formula is C14H25N3O4. The van der Waals surface area contributed by atoms with Crippen LogP contribution >= 0.6 is 0 Å². The normalized spacial score (nSPS) is 14.6. The molecule has 0 bridgehead atoms. The molecule has 2 unspecified atom stereocenters. The van der Waals surface area contributed by atoms with Crippen LogP contribution in [-0.4, -0.2) is 46.2 Å². The zero-order valence-corrected chi connectivity index (χ0v) is 13.8. The summed E-state index contributed by atoms with van der Waals surface area (Å²) in [5.41, 5.74) is 7.30. The van der Waals surface area contributed by atoms with Gasteiger partial charge in [-0.1, -0.05) is 0 Å². The molecule has 7 heteroatoms. The Hall–Kier alpha value is -1.72. The van der Waals surface area contributed by atoms with E-state index < -0.39 is 35.2 Å². The topological polar surface area (TPSA) is 101 Å². The lowest BCUT2D eigenvalue weighted by Crippen LogP contribution is -2.52. The van der Waals surface area contributed by atoms with Gasteiger partial charge in [-0.2, -0.15) is 4.79 Å². The van der Waals surface area contributed by atoms with Crippen LogP contribution in [0.3, 0.4) is 0 Å². The molecule has 2 atom stereocenters. The van der Waals surface area contributed by atoms with Gasteiger partial charge in [-0.15, -0.1) is 0 Å². The second kappa shape index (κ2) is 7.33. The molecule has 21 heavy (non-hydrogen) atoms. The van der Waals surface area contributed by atoms with Crippen molar-refractivity contribution in [2.24, 2.45) is 0 Å². The van der Waals surface area contributed by atoms with E-state index in [-0.39, 0.29) is 0 Å². The summed E-state index contributed by atoms with van der Waals surface area (Å²) in [5, 5.41) is 2.44. The van der Waals surface area contributed by atoms with Crippen molar-refractivity contribution < 1.29 is 23.9 Å². The van der Waals surface area contributed by atoms with Gasteiger partial charge in [0.15, 0.2) is 0 Å². The number of ether oxygens (including phenoxy) is 2. The molecule has 0 aliphatic carbocycles. The first-order chi connectivity index (χ1) is 9.35. The fourth-order valence-electron chi connectivity index (χ4n) is 1.62. The van der Waals surface area contributed by atoms with Gasteiger partial charge in [-0.3, -0.25) is 4.79 Å². The van der Waals surface area contributed by atoms with Crippen LogP contribution < -0.4 is 5.32 Å². The first-order valence-corrected chi connectivity index (χ1v) is 6.74. The van der Waals surface area contributed by atoms with Gasteiger partial charge >= 0.3 is 12.3 Å². The van der Waals surface area contributed by atoms with Gasteiger partial charge in [0, 0.05) is 0 Å². The smallest absolute Gasteiger partial charge is 0.408 e. The molecule has 0 heterocycles. The minimum Gasteiger partial charge on any atom is -0.444 e. The highest BCUT2D eigenvalue weighted by molar-refractivity contribution is 6.28. The number of carbonyl (C=O) groups excluding carboxylic acids is 2. The van der Waals surface area contributed by atoms with Crippen LogP contribution in [0.25, 0.3) is 5.53 Å². The van der Waals surface area contributed by atoms with E-state index in [1.807, 2.05) is 20.8 Å². The molecule has 0 aromatic heterocycles. The maximum absolute atomic E-state index is 11.9. The predicted molar refractivity (Wildman–Crippen MR) is 78.1 cm³/mol. The van der Waals surface area contributed by atoms with Crippen molar-refractivity contribution in [3.63, 3.8) is 0 Å². The van der Waals surface area contributed by atoms with E-state index in [1.54, 1.807) is 27.7 Å². The quantitative estimate of drug-likeness (QED) is 0.476. The van der Waals surface area contributed by atoms with Gasteiger partial charge in [0.05, 0.1) is 11.7 Å². The molecule has 0 aromatic carbocycles. The lowest BCUT2D eigenvalue weighted by molar-refractivity contribution is -0.125. The van der Waals surface area contributed by atoms with Crippen molar-refractivity contribution >= 4 is 18.1 Å². The molecule has 0 saturated carbocycles. The molecule has 0 aromatic rings. The van der Waals surface area contributed by atoms with Crippen LogP contribution in [0.1, 0.15) is 48.5 Å². The largest absolute Gasteiger partial charge is 0.444 e. The average molecular weight is 299 g/mol. The summed E-state index contributed by atoms with van der Waals surface area (Å²) in [7, 11) is 0. The highest BCUT2D eigenvalue weighted by Gasteiger charge is 2.32. The molecule has 0 aliphatic rings. The summed E-state index contributed by atoms with van der Waals surface area (Å²) in [6, 6.07) is -1.00. The number of nitrogens with one attached hydrogen (secondary N) is 1. The Labute approximate surface area is 125 Å². The third kappa shape index (κ3) is 8.94. The predicted octanol–water partition coefficient (Wildman–Crippen LogP) is 1.95. The average Bonchev–Trinajstić information content (AvgIpc) is 2.20. The Balaban J connectivity index is 5.03. The van der Waals surface area contributed by atoms with Gasteiger partial charge in [0.1, 0.15) is 11.6 Å². The number of hydrogen-bond donors (Lipinski definition) is 1. The van der Waals surface area contributed by atoms with E-state index in [1.165, 1.54) is 0 Å². The maximum atomic E-state index is 11.9. The summed E-state index contributed by atoms with van der Waals surface area (Å²) < 4.78 is 10.8. The number of amides is 1. The second-order valence-corrected chi connectivity index (χ2v) is 6.71. The third-order valence-electron chi connectivity index (χ3n) is 2.17. The zero-order chi connectivity index (χ0) is 16.8. The Kier molecular flexibility index (Phi) is 6.73. The van der Waals surface area contributed by atoms with Crippen molar-refractivity contribution in [2.45, 2.75) is 71.8 Å². The van der Waals surface area contributed by atoms with Gasteiger partial charge < -0.3 is 20.3 Å². The van der Waals surface area contributed by atoms with Gasteiger partial charge in [0.25, 0.3) is 5.78 Å². The molecule has 0 radical (unpaired) electrons. The van der Waals surface area contributed by atoms with Crippen molar-refractivity contribution in [3.05, 3.63) is 5.53 Å². The van der Waals surface area contributed by atoms with Gasteiger partial charge in [-0.05, 0) is 48.5 Å². The van der Waals surface area contributed by atoms with Crippen LogP contribution in [0.15, 0.2) is 0 Å². The number of alkyl carbamates (subject to hydrolysis) is 1. The molecule has 1 amide bonds. The van der Waals surface area contributed by atoms with E-state index >= 15 is 0 Å². The molecule has 0 rings (SSSR count). The first-order valence-electron chi connectivity index (χ1n) is 6.74. The minimum absolute atomic E-state index is 0.496. The molecule has 0 spiro atoms. The van der Waals surface area contributed by atoms with Crippen molar-refractivity contribution in [1.82, 2.24) is 5.32 Å². The van der Waals surface area contributed by atoms with Crippen LogP contribution in [0.5, 0.6) is 0 Å². The Morgan fingerprint density at radius 3 is 2.05 bits per heavy atom. The first kappa shape index (κ1) is 19.3. The van der Waals surface area contributed by atoms with Crippen molar-refractivity contribution in [3.8, 4) is 0 Å². The number of nitrogens with zero attached hydrogens (tertiary/aromatic N) is 2. The fraction of sp³-hybridized carbons (Fsp3) is 0.786. The van der Waals surface area contributed by atoms with Crippen LogP contribution in [0.4, 0.5) is 4.79 Å². The number of ketones is 1. The lowest BCUT2D eigenvalue weighted by Gasteiger charge is -2.30. The Morgan fingerprint density at radius 2 is 1.67 bits per heavy atom. The Bertz CT molecular complexity index is 428. The van der Waals surface area contributed by atoms with Crippen LogP contribution in [0.2, 0.25) is 0 Å². The van der Waals surface area contributed by atoms with E-state index in [0.29, 0.717) is 0 Å². The van der Waals surface area contributed by atoms with Crippen molar-refractivity contribution in [1.29, 1.82) is 0 Å². The van der Waals surface area contributed by atoms with E-state index in [9.17, 15) is 9.59 Å². The summed E-state index contributed by atoms with van der Waals surface area (Å²) in [4.78, 5) is 26.4. The van der Waals surface area contributed by atoms with E-state index in [2.05, 4.69) is 10.1 Å². The lowest BCUT2D eigenvalue weighted by atomic mass is 10.1. The number of carbonyl (C=O) groups is 2. The standard InChI is InChI=1S/C14H25N3O4/c1-9(20-13(2,3)4)11(10(18)8-16-15)17-12(19)21-14(5,6)7/h8-9,11H,1-7H3,(H,17,19). The number of hydrogen-bond acceptors (Lipinski definition) is 4. The highest BCUT2D eigenvalue weighted by Crippen LogP contribution is 2.14. The molecule has 120 valence electrons. The molecule has 0 saturated heterocycles. The molecule has 0 fully saturated rings. The summed E-state index contributed by atoms with van der Waals surface area (Å²) in [6.07, 6.45) is -0.635. The molecular weight excluding hydrogens is 274 g/mol. The minimum atomic E-state index is -1.00. The summed E-state index contributed by atoms with van der Waals surface area (Å²) in [5.74, 6) is -0.583. The van der Waals surface area contributed by atoms with Crippen LogP contribution in [-0.2, 0) is 14.3 Å². The van der Waals surface area contributed by atoms with Crippen molar-refractivity contribution in [2.75, 3.05) is 0 Å². The van der Waals surface area contributed by atoms with Gasteiger partial charge in [-0.25, -0.2) is 4.79 Å². The van der Waals surface area contributed by atoms with Gasteiger partial charge in [0.2, 0.25) is 0 Å². The summed E-state index contributed by atoms with van der Waals surface area (Å²) in [6.45, 7) is 12.3. The van der Waals surface area contributed by atoms with E-state index in [4.69, 9.17) is 15.0 Å². The fourth-order valence-corrected chi connectivity index (χ4v) is 1.62. The number of rotatable bonds is 5. The molecule has 1 N–H and O–H groups in total. The SMILES string of the molecule is CC(OC(C)(C)C)C(NC(=O)OC(C)(C)C)C(=O)C=[N+]=[N-]. The monoisotopic (exact) mass is 299 g/mol. The second-order valence-electron chi connectivity index (χ2n) is 6.71. The molecule has 7 nitrogen and oxygen atoms in total.